The molecule has 3 rings (SSSR count). The predicted octanol–water partition coefficient (Wildman–Crippen LogP) is 3.53. The van der Waals surface area contributed by atoms with E-state index in [0.29, 0.717) is 27.6 Å². The quantitative estimate of drug-likeness (QED) is 0.807. The Morgan fingerprint density at radius 3 is 2.35 bits per heavy atom. The summed E-state index contributed by atoms with van der Waals surface area (Å²) in [5, 5.41) is 0. The van der Waals surface area contributed by atoms with Crippen molar-refractivity contribution in [1.82, 2.24) is 9.21 Å². The van der Waals surface area contributed by atoms with Gasteiger partial charge in [0.05, 0.1) is 4.34 Å². The van der Waals surface area contributed by atoms with E-state index < -0.39 is 10.0 Å². The maximum absolute atomic E-state index is 12.6. The molecule has 130 valence electrons. The zero-order valence-corrected chi connectivity index (χ0v) is 16.0. The van der Waals surface area contributed by atoms with E-state index in [2.05, 4.69) is 11.8 Å². The lowest BCUT2D eigenvalue weighted by molar-refractivity contribution is 0.142. The van der Waals surface area contributed by atoms with Gasteiger partial charge < -0.3 is 4.90 Å². The Balaban J connectivity index is 1.52. The van der Waals surface area contributed by atoms with Crippen LogP contribution in [0.5, 0.6) is 0 Å². The van der Waals surface area contributed by atoms with E-state index in [1.165, 1.54) is 25.9 Å². The maximum Gasteiger partial charge on any atom is 0.252 e. The number of piperidine rings is 2. The number of halogens is 1. The number of rotatable bonds is 4. The SMILES string of the molecule is CC1CCN(CC2CCN(S(=O)(=O)c3ccc(Cl)s3)CC2)CC1. The van der Waals surface area contributed by atoms with Gasteiger partial charge in [-0.3, -0.25) is 0 Å². The third kappa shape index (κ3) is 4.28. The first-order valence-corrected chi connectivity index (χ1v) is 11.1. The van der Waals surface area contributed by atoms with Crippen molar-refractivity contribution in [1.29, 1.82) is 0 Å². The molecule has 1 aromatic rings. The third-order valence-electron chi connectivity index (χ3n) is 5.11. The first-order chi connectivity index (χ1) is 10.9. The molecule has 2 fully saturated rings. The van der Waals surface area contributed by atoms with Gasteiger partial charge in [0.15, 0.2) is 0 Å². The summed E-state index contributed by atoms with van der Waals surface area (Å²) < 4.78 is 27.7. The minimum absolute atomic E-state index is 0.367. The van der Waals surface area contributed by atoms with Crippen LogP contribution in [0.2, 0.25) is 4.34 Å². The molecule has 0 atom stereocenters. The minimum atomic E-state index is -3.35. The van der Waals surface area contributed by atoms with Crippen LogP contribution in [0.15, 0.2) is 16.3 Å². The van der Waals surface area contributed by atoms with Crippen LogP contribution in [0, 0.1) is 11.8 Å². The molecule has 0 spiro atoms. The third-order valence-corrected chi connectivity index (χ3v) is 8.71. The summed E-state index contributed by atoms with van der Waals surface area (Å²) in [5.74, 6) is 1.48. The van der Waals surface area contributed by atoms with Crippen LogP contribution in [0.1, 0.15) is 32.6 Å². The van der Waals surface area contributed by atoms with Crippen molar-refractivity contribution in [3.63, 3.8) is 0 Å². The monoisotopic (exact) mass is 376 g/mol. The lowest BCUT2D eigenvalue weighted by Crippen LogP contribution is -2.43. The summed E-state index contributed by atoms with van der Waals surface area (Å²) in [7, 11) is -3.35. The first kappa shape index (κ1) is 17.7. The normalized spacial score (nSPS) is 23.4. The summed E-state index contributed by atoms with van der Waals surface area (Å²) in [6, 6.07) is 3.27. The summed E-state index contributed by atoms with van der Waals surface area (Å²) in [6.45, 7) is 7.13. The average Bonchev–Trinajstić information content (AvgIpc) is 2.98. The van der Waals surface area contributed by atoms with E-state index in [9.17, 15) is 8.42 Å². The molecule has 0 amide bonds. The van der Waals surface area contributed by atoms with Crippen molar-refractivity contribution in [2.75, 3.05) is 32.7 Å². The summed E-state index contributed by atoms with van der Waals surface area (Å²) in [6.07, 6.45) is 4.52. The van der Waals surface area contributed by atoms with Crippen LogP contribution in [0.4, 0.5) is 0 Å². The van der Waals surface area contributed by atoms with Gasteiger partial charge in [-0.1, -0.05) is 18.5 Å². The van der Waals surface area contributed by atoms with E-state index in [1.54, 1.807) is 16.4 Å². The van der Waals surface area contributed by atoms with Crippen LogP contribution >= 0.6 is 22.9 Å². The fourth-order valence-electron chi connectivity index (χ4n) is 3.51. The zero-order chi connectivity index (χ0) is 16.4. The van der Waals surface area contributed by atoms with Crippen molar-refractivity contribution in [2.24, 2.45) is 11.8 Å². The molecule has 0 aromatic carbocycles. The first-order valence-electron chi connectivity index (χ1n) is 8.43. The highest BCUT2D eigenvalue weighted by Crippen LogP contribution is 2.31. The molecule has 2 saturated heterocycles. The largest absolute Gasteiger partial charge is 0.303 e. The molecule has 1 aromatic heterocycles. The smallest absolute Gasteiger partial charge is 0.252 e. The molecule has 0 N–H and O–H groups in total. The zero-order valence-electron chi connectivity index (χ0n) is 13.6. The Morgan fingerprint density at radius 1 is 1.13 bits per heavy atom. The fraction of sp³-hybridized carbons (Fsp3) is 0.750. The van der Waals surface area contributed by atoms with Gasteiger partial charge in [-0.2, -0.15) is 4.31 Å². The maximum atomic E-state index is 12.6. The van der Waals surface area contributed by atoms with Crippen molar-refractivity contribution >= 4 is 33.0 Å². The Kier molecular flexibility index (Phi) is 5.68. The van der Waals surface area contributed by atoms with E-state index in [0.717, 1.165) is 36.6 Å². The Labute approximate surface area is 148 Å². The van der Waals surface area contributed by atoms with E-state index in [4.69, 9.17) is 11.6 Å². The number of sulfonamides is 1. The standard InChI is InChI=1S/C16H25ClN2O2S2/c1-13-4-8-18(9-5-13)12-14-6-10-19(11-7-14)23(20,21)16-3-2-15(17)22-16/h2-3,13-14H,4-12H2,1H3. The second-order valence-corrected chi connectivity index (χ2v) is 10.8. The molecule has 2 aliphatic heterocycles. The van der Waals surface area contributed by atoms with Gasteiger partial charge in [-0.05, 0) is 62.7 Å². The van der Waals surface area contributed by atoms with Gasteiger partial charge in [0.2, 0.25) is 0 Å². The van der Waals surface area contributed by atoms with E-state index in [-0.39, 0.29) is 0 Å². The Bertz CT molecular complexity index is 616. The van der Waals surface area contributed by atoms with Gasteiger partial charge >= 0.3 is 0 Å². The summed E-state index contributed by atoms with van der Waals surface area (Å²) >= 11 is 7.02. The number of hydrogen-bond donors (Lipinski definition) is 0. The van der Waals surface area contributed by atoms with E-state index >= 15 is 0 Å². The van der Waals surface area contributed by atoms with Crippen LogP contribution in [0.3, 0.4) is 0 Å². The number of thiophene rings is 1. The van der Waals surface area contributed by atoms with Crippen molar-refractivity contribution in [3.05, 3.63) is 16.5 Å². The molecule has 3 heterocycles. The van der Waals surface area contributed by atoms with Crippen LogP contribution < -0.4 is 0 Å². The fourth-order valence-corrected chi connectivity index (χ4v) is 6.61. The summed E-state index contributed by atoms with van der Waals surface area (Å²) in [4.78, 5) is 2.56. The lowest BCUT2D eigenvalue weighted by atomic mass is 9.94. The van der Waals surface area contributed by atoms with Crippen LogP contribution in [0.25, 0.3) is 0 Å². The molecule has 4 nitrogen and oxygen atoms in total. The topological polar surface area (TPSA) is 40.6 Å². The highest BCUT2D eigenvalue weighted by atomic mass is 35.5. The molecule has 0 bridgehead atoms. The van der Waals surface area contributed by atoms with Gasteiger partial charge in [0.1, 0.15) is 4.21 Å². The molecule has 0 saturated carbocycles. The van der Waals surface area contributed by atoms with Gasteiger partial charge in [-0.25, -0.2) is 8.42 Å². The predicted molar refractivity (Wildman–Crippen MR) is 95.6 cm³/mol. The van der Waals surface area contributed by atoms with Gasteiger partial charge in [0.25, 0.3) is 10.0 Å². The minimum Gasteiger partial charge on any atom is -0.303 e. The molecule has 0 radical (unpaired) electrons. The van der Waals surface area contributed by atoms with Gasteiger partial charge in [-0.15, -0.1) is 11.3 Å². The van der Waals surface area contributed by atoms with E-state index in [1.807, 2.05) is 0 Å². The second kappa shape index (κ2) is 7.40. The second-order valence-electron chi connectivity index (χ2n) is 6.89. The average molecular weight is 377 g/mol. The Hall–Kier alpha value is -0.140. The molecule has 7 heteroatoms. The Morgan fingerprint density at radius 2 is 1.78 bits per heavy atom. The highest BCUT2D eigenvalue weighted by molar-refractivity contribution is 7.91. The molecule has 0 unspecified atom stereocenters. The molecule has 0 aliphatic carbocycles. The summed E-state index contributed by atoms with van der Waals surface area (Å²) in [5.41, 5.74) is 0. The van der Waals surface area contributed by atoms with Crippen LogP contribution in [-0.4, -0.2) is 50.3 Å². The lowest BCUT2D eigenvalue weighted by Gasteiger charge is -2.36. The molecule has 23 heavy (non-hydrogen) atoms. The van der Waals surface area contributed by atoms with Crippen molar-refractivity contribution in [3.8, 4) is 0 Å². The number of likely N-dealkylation sites (tertiary alicyclic amines) is 1. The molecular formula is C16H25ClN2O2S2. The number of nitrogens with zero attached hydrogens (tertiary/aromatic N) is 2. The number of hydrogen-bond acceptors (Lipinski definition) is 4. The van der Waals surface area contributed by atoms with Crippen molar-refractivity contribution < 1.29 is 8.42 Å². The highest BCUT2D eigenvalue weighted by Gasteiger charge is 2.31. The molecular weight excluding hydrogens is 352 g/mol. The van der Waals surface area contributed by atoms with Crippen molar-refractivity contribution in [2.45, 2.75) is 36.8 Å². The molecule has 2 aliphatic rings. The van der Waals surface area contributed by atoms with Crippen LogP contribution in [-0.2, 0) is 10.0 Å². The van der Waals surface area contributed by atoms with Gasteiger partial charge in [0, 0.05) is 19.6 Å².